The van der Waals surface area contributed by atoms with Crippen molar-refractivity contribution in [1.82, 2.24) is 25.3 Å². The molecule has 2 aliphatic heterocycles. The number of aromatic amines is 1. The van der Waals surface area contributed by atoms with Crippen molar-refractivity contribution in [3.63, 3.8) is 0 Å². The van der Waals surface area contributed by atoms with Crippen LogP contribution in [0.1, 0.15) is 37.0 Å². The Labute approximate surface area is 230 Å². The van der Waals surface area contributed by atoms with Gasteiger partial charge in [-0.3, -0.25) is 29.3 Å². The number of benzene rings is 2. The van der Waals surface area contributed by atoms with Crippen LogP contribution >= 0.6 is 0 Å². The van der Waals surface area contributed by atoms with Crippen LogP contribution < -0.4 is 15.0 Å². The summed E-state index contributed by atoms with van der Waals surface area (Å²) in [5.41, 5.74) is 0.0169. The lowest BCUT2D eigenvalue weighted by Crippen LogP contribution is -2.60. The largest absolute Gasteiger partial charge is 0.497 e. The number of halogens is 1. The fourth-order valence-electron chi connectivity index (χ4n) is 5.52. The van der Waals surface area contributed by atoms with Crippen molar-refractivity contribution < 1.29 is 28.3 Å². The molecule has 0 saturated carbocycles. The van der Waals surface area contributed by atoms with Gasteiger partial charge < -0.3 is 15.0 Å². The summed E-state index contributed by atoms with van der Waals surface area (Å²) in [5, 5.41) is 10.4. The summed E-state index contributed by atoms with van der Waals surface area (Å²) in [7, 11) is 2.87. The lowest BCUT2D eigenvalue weighted by molar-refractivity contribution is -0.139. The first-order valence-corrected chi connectivity index (χ1v) is 13.1. The predicted molar refractivity (Wildman–Crippen MR) is 144 cm³/mol. The molecular formula is C28H31FN6O5. The standard InChI is InChI=1S/C28H31FN6O5/c1-16(2)23(31-24(36)20-14-19(40-4)6-7-21(20)29)25(37)34-11-9-28(10-12-34)26(38)33(3)27(39)35(28)18-5-8-22-17(13-18)15-30-32-22/h5-8,13-16,23H,9-12H2,1-4H3,(H,30,32)(H,31,36)/t23-/m1/s1. The Morgan fingerprint density at radius 3 is 2.52 bits per heavy atom. The minimum absolute atomic E-state index is 0.197. The first kappa shape index (κ1) is 27.1. The summed E-state index contributed by atoms with van der Waals surface area (Å²) in [6, 6.07) is 7.86. The second kappa shape index (κ2) is 10.2. The van der Waals surface area contributed by atoms with Gasteiger partial charge in [0.25, 0.3) is 11.8 Å². The fraction of sp³-hybridized carbons (Fsp3) is 0.393. The quantitative estimate of drug-likeness (QED) is 0.455. The number of carbonyl (C=O) groups is 4. The van der Waals surface area contributed by atoms with Crippen LogP contribution in [0.5, 0.6) is 5.75 Å². The van der Waals surface area contributed by atoms with Gasteiger partial charge in [0.2, 0.25) is 5.91 Å². The molecule has 0 bridgehead atoms. The first-order chi connectivity index (χ1) is 19.1. The zero-order valence-electron chi connectivity index (χ0n) is 22.7. The summed E-state index contributed by atoms with van der Waals surface area (Å²) in [5.74, 6) is -2.08. The van der Waals surface area contributed by atoms with Crippen molar-refractivity contribution in [2.75, 3.05) is 32.1 Å². The van der Waals surface area contributed by atoms with Crippen LogP contribution in [0, 0.1) is 11.7 Å². The third-order valence-electron chi connectivity index (χ3n) is 7.83. The molecule has 2 aromatic carbocycles. The van der Waals surface area contributed by atoms with E-state index in [0.29, 0.717) is 11.4 Å². The number of fused-ring (bicyclic) bond motifs is 1. The molecule has 210 valence electrons. The second-order valence-electron chi connectivity index (χ2n) is 10.5. The lowest BCUT2D eigenvalue weighted by atomic mass is 9.85. The van der Waals surface area contributed by atoms with Gasteiger partial charge in [0.15, 0.2) is 0 Å². The van der Waals surface area contributed by atoms with Crippen LogP contribution in [-0.4, -0.2) is 82.6 Å². The number of nitrogens with one attached hydrogen (secondary N) is 2. The molecule has 2 saturated heterocycles. The van der Waals surface area contributed by atoms with Crippen molar-refractivity contribution in [2.24, 2.45) is 5.92 Å². The van der Waals surface area contributed by atoms with Gasteiger partial charge >= 0.3 is 6.03 Å². The normalized spacial score (nSPS) is 17.7. The van der Waals surface area contributed by atoms with Crippen molar-refractivity contribution in [3.05, 3.63) is 54.0 Å². The number of likely N-dealkylation sites (N-methyl/N-ethyl adjacent to an activating group) is 1. The smallest absolute Gasteiger partial charge is 0.331 e. The molecule has 12 heteroatoms. The average molecular weight is 551 g/mol. The zero-order chi connectivity index (χ0) is 28.8. The maximum absolute atomic E-state index is 14.4. The summed E-state index contributed by atoms with van der Waals surface area (Å²) < 4.78 is 19.5. The predicted octanol–water partition coefficient (Wildman–Crippen LogP) is 2.92. The molecule has 1 spiro atoms. The highest BCUT2D eigenvalue weighted by Gasteiger charge is 2.58. The lowest BCUT2D eigenvalue weighted by Gasteiger charge is -2.43. The third kappa shape index (κ3) is 4.42. The van der Waals surface area contributed by atoms with Gasteiger partial charge in [-0.15, -0.1) is 0 Å². The van der Waals surface area contributed by atoms with Gasteiger partial charge in [0.05, 0.1) is 24.4 Å². The number of methoxy groups -OCH3 is 1. The number of hydrogen-bond donors (Lipinski definition) is 2. The molecule has 2 aliphatic rings. The molecule has 1 aromatic heterocycles. The number of nitrogens with zero attached hydrogens (tertiary/aromatic N) is 4. The molecule has 5 amide bonds. The van der Waals surface area contributed by atoms with Crippen molar-refractivity contribution in [1.29, 1.82) is 0 Å². The van der Waals surface area contributed by atoms with E-state index in [9.17, 15) is 23.6 Å². The molecule has 5 rings (SSSR count). The minimum Gasteiger partial charge on any atom is -0.497 e. The van der Waals surface area contributed by atoms with Gasteiger partial charge in [0, 0.05) is 31.2 Å². The molecule has 2 N–H and O–H groups in total. The number of ether oxygens (including phenoxy) is 1. The van der Waals surface area contributed by atoms with Crippen molar-refractivity contribution >= 4 is 40.3 Å². The van der Waals surface area contributed by atoms with Crippen LogP contribution in [0.3, 0.4) is 0 Å². The van der Waals surface area contributed by atoms with E-state index in [4.69, 9.17) is 4.74 Å². The fourth-order valence-corrected chi connectivity index (χ4v) is 5.52. The Hall–Kier alpha value is -4.48. The van der Waals surface area contributed by atoms with E-state index in [1.165, 1.54) is 31.2 Å². The molecule has 11 nitrogen and oxygen atoms in total. The Kier molecular flexibility index (Phi) is 6.94. The summed E-state index contributed by atoms with van der Waals surface area (Å²) in [4.78, 5) is 57.5. The molecule has 0 unspecified atom stereocenters. The van der Waals surface area contributed by atoms with E-state index in [1.54, 1.807) is 37.1 Å². The molecule has 0 radical (unpaired) electrons. The minimum atomic E-state index is -1.14. The first-order valence-electron chi connectivity index (χ1n) is 13.1. The molecule has 0 aliphatic carbocycles. The Morgan fingerprint density at radius 1 is 1.12 bits per heavy atom. The van der Waals surface area contributed by atoms with E-state index >= 15 is 0 Å². The monoisotopic (exact) mass is 550 g/mol. The number of rotatable bonds is 6. The highest BCUT2D eigenvalue weighted by molar-refractivity contribution is 6.17. The number of anilines is 1. The number of hydrogen-bond acceptors (Lipinski definition) is 6. The summed E-state index contributed by atoms with van der Waals surface area (Å²) in [6.45, 7) is 3.97. The highest BCUT2D eigenvalue weighted by atomic mass is 19.1. The molecule has 3 heterocycles. The SMILES string of the molecule is COc1ccc(F)c(C(=O)N[C@@H](C(=O)N2CCC3(CC2)C(=O)N(C)C(=O)N3c2ccc3[nH]ncc3c2)C(C)C)c1. The Morgan fingerprint density at radius 2 is 1.85 bits per heavy atom. The topological polar surface area (TPSA) is 128 Å². The number of imide groups is 1. The number of likely N-dealkylation sites (tertiary alicyclic amines) is 1. The number of urea groups is 1. The number of H-pyrrole nitrogens is 1. The Balaban J connectivity index is 1.35. The molecule has 3 aromatic rings. The maximum Gasteiger partial charge on any atom is 0.331 e. The van der Waals surface area contributed by atoms with E-state index in [1.807, 2.05) is 6.07 Å². The van der Waals surface area contributed by atoms with Gasteiger partial charge in [-0.25, -0.2) is 9.18 Å². The summed E-state index contributed by atoms with van der Waals surface area (Å²) in [6.07, 6.45) is 2.09. The summed E-state index contributed by atoms with van der Waals surface area (Å²) >= 11 is 0. The van der Waals surface area contributed by atoms with Crippen LogP contribution in [-0.2, 0) is 9.59 Å². The molecule has 1 atom stereocenters. The zero-order valence-corrected chi connectivity index (χ0v) is 22.7. The number of aromatic nitrogens is 2. The van der Waals surface area contributed by atoms with Gasteiger partial charge in [0.1, 0.15) is 23.1 Å². The number of carbonyl (C=O) groups excluding carboxylic acids is 4. The third-order valence-corrected chi connectivity index (χ3v) is 7.83. The van der Waals surface area contributed by atoms with Gasteiger partial charge in [-0.05, 0) is 55.2 Å². The van der Waals surface area contributed by atoms with Gasteiger partial charge in [-0.2, -0.15) is 5.10 Å². The van der Waals surface area contributed by atoms with E-state index in [0.717, 1.165) is 21.9 Å². The highest BCUT2D eigenvalue weighted by Crippen LogP contribution is 2.41. The van der Waals surface area contributed by atoms with Crippen LogP contribution in [0.4, 0.5) is 14.9 Å². The second-order valence-corrected chi connectivity index (χ2v) is 10.5. The van der Waals surface area contributed by atoms with E-state index in [2.05, 4.69) is 15.5 Å². The van der Waals surface area contributed by atoms with Crippen LogP contribution in [0.25, 0.3) is 10.9 Å². The van der Waals surface area contributed by atoms with Crippen molar-refractivity contribution in [2.45, 2.75) is 38.3 Å². The molecule has 2 fully saturated rings. The van der Waals surface area contributed by atoms with Crippen LogP contribution in [0.2, 0.25) is 0 Å². The molecular weight excluding hydrogens is 519 g/mol. The van der Waals surface area contributed by atoms with Crippen molar-refractivity contribution in [3.8, 4) is 5.75 Å². The van der Waals surface area contributed by atoms with Gasteiger partial charge in [-0.1, -0.05) is 13.8 Å². The molecule has 40 heavy (non-hydrogen) atoms. The maximum atomic E-state index is 14.4. The number of piperidine rings is 1. The Bertz CT molecular complexity index is 1500. The number of amides is 5. The van der Waals surface area contributed by atoms with E-state index in [-0.39, 0.29) is 49.2 Å². The average Bonchev–Trinajstić information content (AvgIpc) is 3.49. The van der Waals surface area contributed by atoms with E-state index < -0.39 is 29.3 Å². The van der Waals surface area contributed by atoms with Crippen LogP contribution in [0.15, 0.2) is 42.6 Å².